The maximum absolute atomic E-state index is 8.95. The van der Waals surface area contributed by atoms with Crippen LogP contribution in [0.1, 0.15) is 6.42 Å². The van der Waals surface area contributed by atoms with Crippen LogP contribution in [0.25, 0.3) is 5.53 Å². The van der Waals surface area contributed by atoms with Crippen LogP contribution in [0.5, 0.6) is 0 Å². The van der Waals surface area contributed by atoms with Crippen molar-refractivity contribution < 1.29 is 19.0 Å². The van der Waals surface area contributed by atoms with Gasteiger partial charge in [-0.3, -0.25) is 0 Å². The summed E-state index contributed by atoms with van der Waals surface area (Å²) in [6, 6.07) is 0. The van der Waals surface area contributed by atoms with Crippen molar-refractivity contribution in [3.8, 4) is 0 Å². The van der Waals surface area contributed by atoms with Gasteiger partial charge in [0.25, 0.3) is 0 Å². The van der Waals surface area contributed by atoms with E-state index in [4.69, 9.17) is 19.7 Å². The van der Waals surface area contributed by atoms with Gasteiger partial charge in [0, 0.05) is 18.7 Å². The minimum Gasteiger partial charge on any atom is -0.500 e. The van der Waals surface area contributed by atoms with Crippen LogP contribution in [-0.2, 0) is 14.2 Å². The molecular weight excluding hydrogens is 270 g/mol. The highest BCUT2D eigenvalue weighted by atomic mass is 35.5. The van der Waals surface area contributed by atoms with E-state index < -0.39 is 0 Å². The van der Waals surface area contributed by atoms with Gasteiger partial charge in [-0.15, -0.1) is 12.4 Å². The van der Waals surface area contributed by atoms with Gasteiger partial charge >= 0.3 is 5.71 Å². The molecule has 0 aromatic carbocycles. The molecule has 2 rings (SSSR count). The Bertz CT molecular complexity index is 436. The minimum atomic E-state index is -0.0564. The first-order valence-corrected chi connectivity index (χ1v) is 5.86. The average molecular weight is 288 g/mol. The van der Waals surface area contributed by atoms with Crippen LogP contribution in [0.4, 0.5) is 0 Å². The molecule has 1 aliphatic carbocycles. The molecule has 0 aromatic rings. The lowest BCUT2D eigenvalue weighted by Gasteiger charge is -2.27. The zero-order valence-electron chi connectivity index (χ0n) is 11.0. The smallest absolute Gasteiger partial charge is 0.340 e. The molecule has 1 aliphatic heterocycles. The van der Waals surface area contributed by atoms with E-state index in [9.17, 15) is 0 Å². The Labute approximate surface area is 118 Å². The van der Waals surface area contributed by atoms with E-state index in [1.165, 1.54) is 0 Å². The first-order valence-electron chi connectivity index (χ1n) is 5.86. The Kier molecular flexibility index (Phi) is 6.05. The van der Waals surface area contributed by atoms with Crippen LogP contribution < -0.4 is 5.32 Å². The molecule has 1 heterocycles. The van der Waals surface area contributed by atoms with Crippen LogP contribution >= 0.6 is 12.4 Å². The van der Waals surface area contributed by atoms with Crippen LogP contribution in [0.2, 0.25) is 0 Å². The molecule has 0 bridgehead atoms. The summed E-state index contributed by atoms with van der Waals surface area (Å²) in [5, 5.41) is 3.27. The number of allylic oxidation sites excluding steroid dienone is 2. The zero-order valence-corrected chi connectivity index (χ0v) is 11.8. The number of hydrogen-bond donors (Lipinski definition) is 1. The second-order valence-electron chi connectivity index (χ2n) is 4.08. The second-order valence-corrected chi connectivity index (χ2v) is 4.08. The van der Waals surface area contributed by atoms with Crippen molar-refractivity contribution in [1.82, 2.24) is 5.32 Å². The van der Waals surface area contributed by atoms with Gasteiger partial charge in [-0.1, -0.05) is 0 Å². The third-order valence-electron chi connectivity index (χ3n) is 3.08. The summed E-state index contributed by atoms with van der Waals surface area (Å²) < 4.78 is 16.3. The quantitative estimate of drug-likeness (QED) is 0.618. The molecule has 1 fully saturated rings. The molecule has 106 valence electrons. The van der Waals surface area contributed by atoms with Gasteiger partial charge in [-0.2, -0.15) is 4.79 Å². The van der Waals surface area contributed by atoms with Crippen molar-refractivity contribution in [2.24, 2.45) is 0 Å². The Hall–Kier alpha value is -1.33. The van der Waals surface area contributed by atoms with Crippen LogP contribution in [0.3, 0.4) is 0 Å². The predicted octanol–water partition coefficient (Wildman–Crippen LogP) is 0.902. The van der Waals surface area contributed by atoms with Gasteiger partial charge < -0.3 is 25.1 Å². The molecule has 1 atom stereocenters. The standard InChI is InChI=1S/C12H17N3O3.ClH/c1-16-10-6-9(15-13)11(17-2)5-8(10)12-7-14-3-4-18-12;/h5,12,14H,3-4,6-7H2,1-2H3;1H. The van der Waals surface area contributed by atoms with Gasteiger partial charge in [-0.25, -0.2) is 0 Å². The largest absolute Gasteiger partial charge is 0.500 e. The average Bonchev–Trinajstić information content (AvgIpc) is 2.46. The third kappa shape index (κ3) is 3.36. The van der Waals surface area contributed by atoms with E-state index >= 15 is 0 Å². The second kappa shape index (κ2) is 7.31. The van der Waals surface area contributed by atoms with Crippen LogP contribution in [-0.4, -0.2) is 50.5 Å². The number of morpholine rings is 1. The lowest BCUT2D eigenvalue weighted by molar-refractivity contribution is -0.0128. The van der Waals surface area contributed by atoms with Crippen molar-refractivity contribution in [1.29, 1.82) is 0 Å². The molecular formula is C12H18ClN3O3. The molecule has 0 radical (unpaired) electrons. The van der Waals surface area contributed by atoms with E-state index in [-0.39, 0.29) is 18.5 Å². The molecule has 2 aliphatic rings. The van der Waals surface area contributed by atoms with E-state index in [2.05, 4.69) is 10.1 Å². The summed E-state index contributed by atoms with van der Waals surface area (Å²) in [4.78, 5) is 3.23. The number of nitrogens with zero attached hydrogens (tertiary/aromatic N) is 2. The SMILES string of the molecule is COC1=CC(C2CNCCO2)=C(OC)CC1=[N+]=[N-].Cl. The number of rotatable bonds is 3. The fourth-order valence-corrected chi connectivity index (χ4v) is 2.14. The maximum Gasteiger partial charge on any atom is 0.340 e. The van der Waals surface area contributed by atoms with Gasteiger partial charge in [-0.05, 0) is 6.08 Å². The van der Waals surface area contributed by atoms with Gasteiger partial charge in [0.1, 0.15) is 12.2 Å². The van der Waals surface area contributed by atoms with Crippen molar-refractivity contribution in [3.63, 3.8) is 0 Å². The predicted molar refractivity (Wildman–Crippen MR) is 72.2 cm³/mol. The molecule has 19 heavy (non-hydrogen) atoms. The third-order valence-corrected chi connectivity index (χ3v) is 3.08. The molecule has 0 amide bonds. The van der Waals surface area contributed by atoms with Crippen LogP contribution in [0.15, 0.2) is 23.2 Å². The van der Waals surface area contributed by atoms with Gasteiger partial charge in [0.15, 0.2) is 0 Å². The summed E-state index contributed by atoms with van der Waals surface area (Å²) in [5.41, 5.74) is 10.3. The van der Waals surface area contributed by atoms with Gasteiger partial charge in [0.05, 0.1) is 26.9 Å². The monoisotopic (exact) mass is 287 g/mol. The number of methoxy groups -OCH3 is 2. The number of hydrogen-bond acceptors (Lipinski definition) is 4. The van der Waals surface area contributed by atoms with Crippen molar-refractivity contribution in [3.05, 3.63) is 28.7 Å². The number of nitrogens with one attached hydrogen (secondary N) is 1. The summed E-state index contributed by atoms with van der Waals surface area (Å²) in [6.45, 7) is 2.26. The molecule has 0 spiro atoms. The number of halogens is 1. The Morgan fingerprint density at radius 3 is 2.74 bits per heavy atom. The van der Waals surface area contributed by atoms with E-state index in [0.29, 0.717) is 24.5 Å². The molecule has 1 saturated heterocycles. The van der Waals surface area contributed by atoms with E-state index in [0.717, 1.165) is 24.4 Å². The van der Waals surface area contributed by atoms with Crippen molar-refractivity contribution in [2.45, 2.75) is 12.5 Å². The molecule has 6 nitrogen and oxygen atoms in total. The summed E-state index contributed by atoms with van der Waals surface area (Å²) in [6.07, 6.45) is 2.16. The highest BCUT2D eigenvalue weighted by molar-refractivity contribution is 5.97. The fraction of sp³-hybridized carbons (Fsp3) is 0.583. The first-order chi connectivity index (χ1) is 8.80. The maximum atomic E-state index is 8.95. The molecule has 0 saturated carbocycles. The van der Waals surface area contributed by atoms with Crippen molar-refractivity contribution in [2.75, 3.05) is 33.9 Å². The first kappa shape index (κ1) is 15.7. The lowest BCUT2D eigenvalue weighted by Crippen LogP contribution is -2.40. The molecule has 0 aromatic heterocycles. The molecule has 1 N–H and O–H groups in total. The normalized spacial score (nSPS) is 23.2. The number of ether oxygens (including phenoxy) is 3. The minimum absolute atomic E-state index is 0. The summed E-state index contributed by atoms with van der Waals surface area (Å²) >= 11 is 0. The van der Waals surface area contributed by atoms with Crippen LogP contribution in [0, 0.1) is 0 Å². The summed E-state index contributed by atoms with van der Waals surface area (Å²) in [7, 11) is 3.15. The zero-order chi connectivity index (χ0) is 13.0. The van der Waals surface area contributed by atoms with E-state index in [1.807, 2.05) is 6.08 Å². The lowest BCUT2D eigenvalue weighted by atomic mass is 9.97. The Morgan fingerprint density at radius 1 is 1.42 bits per heavy atom. The Balaban J connectivity index is 0.00000180. The van der Waals surface area contributed by atoms with Crippen molar-refractivity contribution >= 4 is 18.1 Å². The Morgan fingerprint density at radius 2 is 2.21 bits per heavy atom. The fourth-order valence-electron chi connectivity index (χ4n) is 2.14. The summed E-state index contributed by atoms with van der Waals surface area (Å²) in [5.74, 6) is 1.29. The molecule has 1 unspecified atom stereocenters. The topological polar surface area (TPSA) is 76.1 Å². The molecule has 7 heteroatoms. The highest BCUT2D eigenvalue weighted by Gasteiger charge is 2.31. The van der Waals surface area contributed by atoms with E-state index in [1.54, 1.807) is 14.2 Å². The van der Waals surface area contributed by atoms with Gasteiger partial charge in [0.2, 0.25) is 5.76 Å². The highest BCUT2D eigenvalue weighted by Crippen LogP contribution is 2.26.